The van der Waals surface area contributed by atoms with Crippen LogP contribution in [0.4, 0.5) is 0 Å². The SMILES string of the molecule is c1ccc(Sc2ccc(-c3nc4ccncc4[nH]3)cc2)cc1. The van der Waals surface area contributed by atoms with Crippen LogP contribution in [0.5, 0.6) is 0 Å². The minimum Gasteiger partial charge on any atom is -0.337 e. The average Bonchev–Trinajstić information content (AvgIpc) is 3.00. The van der Waals surface area contributed by atoms with Crippen molar-refractivity contribution in [3.63, 3.8) is 0 Å². The van der Waals surface area contributed by atoms with Crippen molar-refractivity contribution < 1.29 is 0 Å². The molecule has 0 aliphatic carbocycles. The van der Waals surface area contributed by atoms with Gasteiger partial charge in [-0.2, -0.15) is 0 Å². The zero-order valence-electron chi connectivity index (χ0n) is 11.7. The van der Waals surface area contributed by atoms with Crippen molar-refractivity contribution in [2.24, 2.45) is 0 Å². The average molecular weight is 303 g/mol. The Hall–Kier alpha value is -2.59. The largest absolute Gasteiger partial charge is 0.337 e. The molecule has 0 saturated carbocycles. The van der Waals surface area contributed by atoms with E-state index in [2.05, 4.69) is 63.5 Å². The van der Waals surface area contributed by atoms with Crippen molar-refractivity contribution in [1.29, 1.82) is 0 Å². The molecule has 0 aliphatic rings. The van der Waals surface area contributed by atoms with E-state index in [9.17, 15) is 0 Å². The van der Waals surface area contributed by atoms with Crippen LogP contribution in [-0.2, 0) is 0 Å². The molecule has 2 aromatic heterocycles. The van der Waals surface area contributed by atoms with E-state index in [1.54, 1.807) is 24.2 Å². The van der Waals surface area contributed by atoms with Gasteiger partial charge in [0.25, 0.3) is 0 Å². The van der Waals surface area contributed by atoms with Gasteiger partial charge in [0.15, 0.2) is 0 Å². The highest BCUT2D eigenvalue weighted by atomic mass is 32.2. The van der Waals surface area contributed by atoms with E-state index in [-0.39, 0.29) is 0 Å². The van der Waals surface area contributed by atoms with E-state index >= 15 is 0 Å². The summed E-state index contributed by atoms with van der Waals surface area (Å²) in [4.78, 5) is 14.5. The summed E-state index contributed by atoms with van der Waals surface area (Å²) in [5, 5.41) is 0. The molecule has 22 heavy (non-hydrogen) atoms. The quantitative estimate of drug-likeness (QED) is 0.592. The summed E-state index contributed by atoms with van der Waals surface area (Å²) < 4.78 is 0. The molecule has 4 heteroatoms. The van der Waals surface area contributed by atoms with Gasteiger partial charge in [-0.1, -0.05) is 42.1 Å². The molecule has 0 fully saturated rings. The topological polar surface area (TPSA) is 41.6 Å². The van der Waals surface area contributed by atoms with Crippen LogP contribution >= 0.6 is 11.8 Å². The molecule has 2 aromatic carbocycles. The van der Waals surface area contributed by atoms with Crippen LogP contribution in [0.2, 0.25) is 0 Å². The second kappa shape index (κ2) is 5.66. The van der Waals surface area contributed by atoms with E-state index in [0.717, 1.165) is 22.4 Å². The number of hydrogen-bond donors (Lipinski definition) is 1. The van der Waals surface area contributed by atoms with Gasteiger partial charge >= 0.3 is 0 Å². The molecular weight excluding hydrogens is 290 g/mol. The Morgan fingerprint density at radius 3 is 2.36 bits per heavy atom. The molecule has 4 aromatic rings. The van der Waals surface area contributed by atoms with Gasteiger partial charge in [-0.05, 0) is 30.3 Å². The Morgan fingerprint density at radius 2 is 1.59 bits per heavy atom. The number of fused-ring (bicyclic) bond motifs is 1. The zero-order chi connectivity index (χ0) is 14.8. The molecule has 0 saturated heterocycles. The minimum absolute atomic E-state index is 0.874. The molecule has 106 valence electrons. The van der Waals surface area contributed by atoms with Crippen molar-refractivity contribution in [1.82, 2.24) is 15.0 Å². The molecule has 0 aliphatic heterocycles. The third kappa shape index (κ3) is 2.61. The number of aromatic nitrogens is 3. The lowest BCUT2D eigenvalue weighted by Crippen LogP contribution is -1.80. The number of benzene rings is 2. The number of aromatic amines is 1. The van der Waals surface area contributed by atoms with Gasteiger partial charge in [-0.3, -0.25) is 4.98 Å². The summed E-state index contributed by atoms with van der Waals surface area (Å²) in [5.41, 5.74) is 2.97. The number of rotatable bonds is 3. The molecule has 0 radical (unpaired) electrons. The summed E-state index contributed by atoms with van der Waals surface area (Å²) in [7, 11) is 0. The standard InChI is InChI=1S/C18H13N3S/c1-2-4-14(5-3-1)22-15-8-6-13(7-9-15)18-20-16-10-11-19-12-17(16)21-18/h1-12H,(H,20,21). The van der Waals surface area contributed by atoms with Crippen LogP contribution in [0.1, 0.15) is 0 Å². The first-order valence-electron chi connectivity index (χ1n) is 7.01. The van der Waals surface area contributed by atoms with Crippen LogP contribution in [0.25, 0.3) is 22.4 Å². The van der Waals surface area contributed by atoms with Crippen LogP contribution in [-0.4, -0.2) is 15.0 Å². The predicted octanol–water partition coefficient (Wildman–Crippen LogP) is 4.78. The second-order valence-corrected chi connectivity index (χ2v) is 6.06. The van der Waals surface area contributed by atoms with E-state index in [1.165, 1.54) is 9.79 Å². The van der Waals surface area contributed by atoms with E-state index < -0.39 is 0 Å². The molecule has 4 rings (SSSR count). The fourth-order valence-corrected chi connectivity index (χ4v) is 3.14. The Morgan fingerprint density at radius 1 is 0.818 bits per heavy atom. The molecule has 0 bridgehead atoms. The van der Waals surface area contributed by atoms with Gasteiger partial charge in [0.1, 0.15) is 5.82 Å². The molecular formula is C18H13N3S. The second-order valence-electron chi connectivity index (χ2n) is 4.92. The number of hydrogen-bond acceptors (Lipinski definition) is 3. The van der Waals surface area contributed by atoms with Crippen molar-refractivity contribution in [2.75, 3.05) is 0 Å². The fourth-order valence-electron chi connectivity index (χ4n) is 2.30. The van der Waals surface area contributed by atoms with E-state index in [1.807, 2.05) is 12.1 Å². The first-order chi connectivity index (χ1) is 10.9. The van der Waals surface area contributed by atoms with E-state index in [0.29, 0.717) is 0 Å². The zero-order valence-corrected chi connectivity index (χ0v) is 12.5. The lowest BCUT2D eigenvalue weighted by Gasteiger charge is -2.02. The van der Waals surface area contributed by atoms with Gasteiger partial charge in [0.2, 0.25) is 0 Å². The first kappa shape index (κ1) is 13.1. The van der Waals surface area contributed by atoms with Crippen LogP contribution in [0, 0.1) is 0 Å². The maximum atomic E-state index is 4.59. The number of imidazole rings is 1. The lowest BCUT2D eigenvalue weighted by molar-refractivity contribution is 1.31. The molecule has 0 spiro atoms. The van der Waals surface area contributed by atoms with Crippen molar-refractivity contribution >= 4 is 22.8 Å². The Bertz CT molecular complexity index is 865. The van der Waals surface area contributed by atoms with Crippen molar-refractivity contribution in [3.8, 4) is 11.4 Å². The maximum absolute atomic E-state index is 4.59. The molecule has 0 atom stereocenters. The lowest BCUT2D eigenvalue weighted by atomic mass is 10.2. The smallest absolute Gasteiger partial charge is 0.138 e. The van der Waals surface area contributed by atoms with Crippen LogP contribution < -0.4 is 0 Å². The van der Waals surface area contributed by atoms with E-state index in [4.69, 9.17) is 0 Å². The molecule has 2 heterocycles. The van der Waals surface area contributed by atoms with Gasteiger partial charge in [0.05, 0.1) is 17.2 Å². The van der Waals surface area contributed by atoms with Gasteiger partial charge in [-0.15, -0.1) is 0 Å². The first-order valence-corrected chi connectivity index (χ1v) is 7.83. The Labute approximate surface area is 132 Å². The third-order valence-electron chi connectivity index (χ3n) is 3.39. The number of nitrogens with zero attached hydrogens (tertiary/aromatic N) is 2. The highest BCUT2D eigenvalue weighted by Crippen LogP contribution is 2.29. The summed E-state index contributed by atoms with van der Waals surface area (Å²) in [6.45, 7) is 0. The molecule has 0 unspecified atom stereocenters. The van der Waals surface area contributed by atoms with Crippen LogP contribution in [0.15, 0.2) is 82.8 Å². The monoisotopic (exact) mass is 303 g/mol. The maximum Gasteiger partial charge on any atom is 0.138 e. The number of H-pyrrole nitrogens is 1. The third-order valence-corrected chi connectivity index (χ3v) is 4.41. The summed E-state index contributed by atoms with van der Waals surface area (Å²) in [5.74, 6) is 0.874. The predicted molar refractivity (Wildman–Crippen MR) is 89.9 cm³/mol. The molecule has 1 N–H and O–H groups in total. The van der Waals surface area contributed by atoms with Crippen molar-refractivity contribution in [3.05, 3.63) is 73.1 Å². The Balaban J connectivity index is 1.61. The van der Waals surface area contributed by atoms with Gasteiger partial charge in [-0.25, -0.2) is 4.98 Å². The Kier molecular flexibility index (Phi) is 3.37. The summed E-state index contributed by atoms with van der Waals surface area (Å²) in [6, 6.07) is 20.7. The fraction of sp³-hybridized carbons (Fsp3) is 0. The normalized spacial score (nSPS) is 10.9. The van der Waals surface area contributed by atoms with Crippen molar-refractivity contribution in [2.45, 2.75) is 9.79 Å². The van der Waals surface area contributed by atoms with Crippen LogP contribution in [0.3, 0.4) is 0 Å². The highest BCUT2D eigenvalue weighted by Gasteiger charge is 2.05. The van der Waals surface area contributed by atoms with Gasteiger partial charge < -0.3 is 4.98 Å². The summed E-state index contributed by atoms with van der Waals surface area (Å²) >= 11 is 1.76. The molecule has 0 amide bonds. The summed E-state index contributed by atoms with van der Waals surface area (Å²) in [6.07, 6.45) is 3.55. The minimum atomic E-state index is 0.874. The van der Waals surface area contributed by atoms with Gasteiger partial charge in [0, 0.05) is 21.6 Å². The highest BCUT2D eigenvalue weighted by molar-refractivity contribution is 7.99. The number of pyridine rings is 1. The number of nitrogens with one attached hydrogen (secondary N) is 1. The molecule has 3 nitrogen and oxygen atoms in total.